The van der Waals surface area contributed by atoms with Crippen molar-refractivity contribution in [2.24, 2.45) is 7.05 Å². The van der Waals surface area contributed by atoms with E-state index in [1.807, 2.05) is 17.8 Å². The summed E-state index contributed by atoms with van der Waals surface area (Å²) < 4.78 is 1.91. The van der Waals surface area contributed by atoms with Crippen LogP contribution in [-0.2, 0) is 12.6 Å². The first-order valence-corrected chi connectivity index (χ1v) is 6.89. The molecule has 2 heterocycles. The van der Waals surface area contributed by atoms with Gasteiger partial charge in [-0.2, -0.15) is 23.5 Å². The van der Waals surface area contributed by atoms with Gasteiger partial charge in [0.25, 0.3) is 0 Å². The van der Waals surface area contributed by atoms with Crippen molar-refractivity contribution in [1.82, 2.24) is 9.55 Å². The highest BCUT2D eigenvalue weighted by Gasteiger charge is 2.34. The molecule has 0 aromatic carbocycles. The minimum absolute atomic E-state index is 0.746. The van der Waals surface area contributed by atoms with Crippen molar-refractivity contribution in [2.75, 3.05) is 23.0 Å². The summed E-state index contributed by atoms with van der Waals surface area (Å²) in [4.78, 5) is 4.24. The number of aliphatic hydroxyl groups is 1. The van der Waals surface area contributed by atoms with E-state index in [1.165, 1.54) is 0 Å². The number of aromatic nitrogens is 2. The topological polar surface area (TPSA) is 38.0 Å². The molecular formula is C9H14N2OS2. The predicted octanol–water partition coefficient (Wildman–Crippen LogP) is 1.09. The van der Waals surface area contributed by atoms with E-state index in [2.05, 4.69) is 4.98 Å². The molecule has 0 saturated carbocycles. The number of imidazole rings is 1. The van der Waals surface area contributed by atoms with Crippen molar-refractivity contribution in [3.05, 3.63) is 18.2 Å². The van der Waals surface area contributed by atoms with Crippen LogP contribution in [0.1, 0.15) is 5.82 Å². The van der Waals surface area contributed by atoms with Crippen molar-refractivity contribution in [3.63, 3.8) is 0 Å². The Labute approximate surface area is 92.3 Å². The molecule has 78 valence electrons. The first-order chi connectivity index (χ1) is 6.72. The maximum absolute atomic E-state index is 10.5. The van der Waals surface area contributed by atoms with Crippen molar-refractivity contribution in [1.29, 1.82) is 0 Å². The van der Waals surface area contributed by atoms with Crippen LogP contribution < -0.4 is 0 Å². The molecule has 1 aliphatic heterocycles. The summed E-state index contributed by atoms with van der Waals surface area (Å²) in [5, 5.41) is 10.5. The molecule has 0 unspecified atom stereocenters. The zero-order valence-electron chi connectivity index (χ0n) is 8.14. The number of hydrogen-bond acceptors (Lipinski definition) is 4. The van der Waals surface area contributed by atoms with E-state index in [0.29, 0.717) is 0 Å². The van der Waals surface area contributed by atoms with Crippen LogP contribution in [0.5, 0.6) is 0 Å². The van der Waals surface area contributed by atoms with Gasteiger partial charge in [0.1, 0.15) is 11.4 Å². The maximum atomic E-state index is 10.5. The van der Waals surface area contributed by atoms with Crippen molar-refractivity contribution in [3.8, 4) is 0 Å². The van der Waals surface area contributed by atoms with Gasteiger partial charge in [0.05, 0.1) is 0 Å². The van der Waals surface area contributed by atoms with Crippen LogP contribution in [0.2, 0.25) is 0 Å². The van der Waals surface area contributed by atoms with Gasteiger partial charge in [-0.05, 0) is 0 Å². The van der Waals surface area contributed by atoms with Crippen molar-refractivity contribution in [2.45, 2.75) is 5.60 Å². The van der Waals surface area contributed by atoms with Gasteiger partial charge in [0.15, 0.2) is 0 Å². The van der Waals surface area contributed by atoms with E-state index >= 15 is 0 Å². The largest absolute Gasteiger partial charge is 0.380 e. The SMILES string of the molecule is Cn1ccnc1C1(O)CSCCSC1. The van der Waals surface area contributed by atoms with E-state index in [1.54, 1.807) is 29.7 Å². The fourth-order valence-corrected chi connectivity index (χ4v) is 4.08. The summed E-state index contributed by atoms with van der Waals surface area (Å²) in [6, 6.07) is 0. The fraction of sp³-hybridized carbons (Fsp3) is 0.667. The van der Waals surface area contributed by atoms with Gasteiger partial charge >= 0.3 is 0 Å². The lowest BCUT2D eigenvalue weighted by molar-refractivity contribution is 0.0767. The lowest BCUT2D eigenvalue weighted by atomic mass is 10.1. The highest BCUT2D eigenvalue weighted by Crippen LogP contribution is 2.31. The summed E-state index contributed by atoms with van der Waals surface area (Å²) in [5.74, 6) is 4.55. The minimum Gasteiger partial charge on any atom is -0.380 e. The number of hydrogen-bond donors (Lipinski definition) is 1. The summed E-state index contributed by atoms with van der Waals surface area (Å²) in [7, 11) is 1.93. The van der Waals surface area contributed by atoms with E-state index in [-0.39, 0.29) is 0 Å². The van der Waals surface area contributed by atoms with E-state index in [4.69, 9.17) is 0 Å². The van der Waals surface area contributed by atoms with Gasteiger partial charge in [0.2, 0.25) is 0 Å². The Kier molecular flexibility index (Phi) is 3.09. The molecule has 0 atom stereocenters. The monoisotopic (exact) mass is 230 g/mol. The molecule has 0 aliphatic carbocycles. The minimum atomic E-state index is -0.746. The number of nitrogens with zero attached hydrogens (tertiary/aromatic N) is 2. The van der Waals surface area contributed by atoms with Gasteiger partial charge in [-0.3, -0.25) is 0 Å². The molecule has 14 heavy (non-hydrogen) atoms. The molecule has 1 saturated heterocycles. The first-order valence-electron chi connectivity index (χ1n) is 4.58. The molecule has 1 N–H and O–H groups in total. The average Bonchev–Trinajstić information content (AvgIpc) is 2.46. The highest BCUT2D eigenvalue weighted by molar-refractivity contribution is 8.03. The van der Waals surface area contributed by atoms with Crippen LogP contribution >= 0.6 is 23.5 Å². The highest BCUT2D eigenvalue weighted by atomic mass is 32.2. The lowest BCUT2D eigenvalue weighted by Crippen LogP contribution is -2.34. The van der Waals surface area contributed by atoms with Gasteiger partial charge in [-0.1, -0.05) is 0 Å². The maximum Gasteiger partial charge on any atom is 0.142 e. The second kappa shape index (κ2) is 4.16. The number of thioether (sulfide) groups is 2. The van der Waals surface area contributed by atoms with Gasteiger partial charge in [0, 0.05) is 42.5 Å². The first kappa shape index (κ1) is 10.4. The summed E-state index contributed by atoms with van der Waals surface area (Å²) in [6.07, 6.45) is 3.63. The Hall–Kier alpha value is -0.130. The molecule has 5 heteroatoms. The zero-order valence-corrected chi connectivity index (χ0v) is 9.77. The van der Waals surface area contributed by atoms with Gasteiger partial charge < -0.3 is 9.67 Å². The van der Waals surface area contributed by atoms with Gasteiger partial charge in [-0.25, -0.2) is 4.98 Å². The van der Waals surface area contributed by atoms with Crippen LogP contribution in [0, 0.1) is 0 Å². The smallest absolute Gasteiger partial charge is 0.142 e. The molecule has 3 nitrogen and oxygen atoms in total. The Balaban J connectivity index is 2.25. The van der Waals surface area contributed by atoms with E-state index in [9.17, 15) is 5.11 Å². The molecule has 1 fully saturated rings. The van der Waals surface area contributed by atoms with Crippen LogP contribution in [0.4, 0.5) is 0 Å². The lowest BCUT2D eigenvalue weighted by Gasteiger charge is -2.24. The fourth-order valence-electron chi connectivity index (χ4n) is 1.58. The predicted molar refractivity (Wildman–Crippen MR) is 61.8 cm³/mol. The Bertz CT molecular complexity index is 306. The Morgan fingerprint density at radius 3 is 2.57 bits per heavy atom. The second-order valence-corrected chi connectivity index (χ2v) is 5.71. The standard InChI is InChI=1S/C9H14N2OS2/c1-11-3-2-10-8(11)9(12)6-13-4-5-14-7-9/h2-3,12H,4-7H2,1H3. The normalized spacial score (nSPS) is 21.9. The molecule has 0 spiro atoms. The molecule has 1 aromatic rings. The molecule has 1 aliphatic rings. The molecule has 2 rings (SSSR count). The Morgan fingerprint density at radius 1 is 1.43 bits per heavy atom. The second-order valence-electron chi connectivity index (χ2n) is 3.50. The quantitative estimate of drug-likeness (QED) is 0.784. The van der Waals surface area contributed by atoms with Crippen LogP contribution in [0.15, 0.2) is 12.4 Å². The Morgan fingerprint density at radius 2 is 2.07 bits per heavy atom. The molecule has 0 amide bonds. The number of rotatable bonds is 1. The average molecular weight is 230 g/mol. The number of aryl methyl sites for hydroxylation is 1. The van der Waals surface area contributed by atoms with E-state index in [0.717, 1.165) is 28.8 Å². The molecule has 0 bridgehead atoms. The zero-order chi connectivity index (χ0) is 10.0. The third kappa shape index (κ3) is 1.94. The molecular weight excluding hydrogens is 216 g/mol. The summed E-state index contributed by atoms with van der Waals surface area (Å²) in [5.41, 5.74) is -0.746. The summed E-state index contributed by atoms with van der Waals surface area (Å²) >= 11 is 3.61. The third-order valence-electron chi connectivity index (χ3n) is 2.29. The van der Waals surface area contributed by atoms with Gasteiger partial charge in [-0.15, -0.1) is 0 Å². The summed E-state index contributed by atoms with van der Waals surface area (Å²) in [6.45, 7) is 0. The third-order valence-corrected chi connectivity index (χ3v) is 4.90. The van der Waals surface area contributed by atoms with E-state index < -0.39 is 5.60 Å². The van der Waals surface area contributed by atoms with Crippen LogP contribution in [-0.4, -0.2) is 37.7 Å². The van der Waals surface area contributed by atoms with Crippen molar-refractivity contribution < 1.29 is 5.11 Å². The molecule has 0 radical (unpaired) electrons. The molecule has 1 aromatic heterocycles. The van der Waals surface area contributed by atoms with Crippen LogP contribution in [0.25, 0.3) is 0 Å². The van der Waals surface area contributed by atoms with Crippen LogP contribution in [0.3, 0.4) is 0 Å². The van der Waals surface area contributed by atoms with Crippen molar-refractivity contribution >= 4 is 23.5 Å².